The number of aliphatic carboxylic acids is 1. The van der Waals surface area contributed by atoms with Crippen molar-refractivity contribution in [3.05, 3.63) is 23.9 Å². The van der Waals surface area contributed by atoms with Gasteiger partial charge in [-0.25, -0.2) is 4.98 Å². The molecule has 1 aromatic rings. The zero-order chi connectivity index (χ0) is 10.6. The van der Waals surface area contributed by atoms with Crippen LogP contribution in [0.4, 0.5) is 0 Å². The Morgan fingerprint density at radius 3 is 2.79 bits per heavy atom. The van der Waals surface area contributed by atoms with E-state index in [4.69, 9.17) is 15.6 Å². The highest BCUT2D eigenvalue weighted by atomic mass is 16.5. The largest absolute Gasteiger partial charge is 0.481 e. The van der Waals surface area contributed by atoms with Crippen LogP contribution in [-0.2, 0) is 4.79 Å². The number of ether oxygens (including phenoxy) is 1. The van der Waals surface area contributed by atoms with Gasteiger partial charge in [0.15, 0.2) is 0 Å². The fraction of sp³-hybridized carbons (Fsp3) is 0.333. The minimum atomic E-state index is -0.945. The summed E-state index contributed by atoms with van der Waals surface area (Å²) in [5.74, 6) is -1.19. The number of rotatable bonds is 4. The lowest BCUT2D eigenvalue weighted by atomic mass is 10.0. The predicted octanol–water partition coefficient (Wildman–Crippen LogP) is 0.217. The third-order valence-corrected chi connectivity index (χ3v) is 1.90. The van der Waals surface area contributed by atoms with Crippen molar-refractivity contribution < 1.29 is 14.6 Å². The van der Waals surface area contributed by atoms with Gasteiger partial charge in [-0.05, 0) is 5.56 Å². The number of methoxy groups -OCH3 is 1. The Labute approximate surface area is 81.5 Å². The van der Waals surface area contributed by atoms with Gasteiger partial charge in [-0.2, -0.15) is 0 Å². The van der Waals surface area contributed by atoms with E-state index in [2.05, 4.69) is 4.98 Å². The van der Waals surface area contributed by atoms with Crippen molar-refractivity contribution in [2.45, 2.75) is 5.92 Å². The molecular formula is C9H12N2O3. The SMILES string of the molecule is COc1ccc([C@@H](CN)C(=O)O)cn1. The number of pyridine rings is 1. The average molecular weight is 196 g/mol. The lowest BCUT2D eigenvalue weighted by Crippen LogP contribution is -2.21. The number of nitrogens with two attached hydrogens (primary N) is 1. The molecule has 3 N–H and O–H groups in total. The molecule has 0 aliphatic rings. The first-order chi connectivity index (χ1) is 6.69. The second-order valence-corrected chi connectivity index (χ2v) is 2.76. The van der Waals surface area contributed by atoms with Crippen molar-refractivity contribution >= 4 is 5.97 Å². The predicted molar refractivity (Wildman–Crippen MR) is 50.2 cm³/mol. The van der Waals surface area contributed by atoms with Crippen LogP contribution in [0.5, 0.6) is 5.88 Å². The molecule has 1 rings (SSSR count). The summed E-state index contributed by atoms with van der Waals surface area (Å²) < 4.78 is 4.85. The van der Waals surface area contributed by atoms with E-state index in [0.717, 1.165) is 0 Å². The number of carbonyl (C=O) groups is 1. The molecule has 5 heteroatoms. The summed E-state index contributed by atoms with van der Waals surface area (Å²) in [6.45, 7) is 0.0589. The molecule has 1 aromatic heterocycles. The van der Waals surface area contributed by atoms with Crippen molar-refractivity contribution in [1.29, 1.82) is 0 Å². The van der Waals surface area contributed by atoms with Crippen molar-refractivity contribution in [3.8, 4) is 5.88 Å². The highest BCUT2D eigenvalue weighted by molar-refractivity contribution is 5.76. The maximum Gasteiger partial charge on any atom is 0.312 e. The Hall–Kier alpha value is -1.62. The molecule has 14 heavy (non-hydrogen) atoms. The van der Waals surface area contributed by atoms with Crippen molar-refractivity contribution in [3.63, 3.8) is 0 Å². The molecule has 0 saturated carbocycles. The molecule has 1 atom stereocenters. The second-order valence-electron chi connectivity index (χ2n) is 2.76. The van der Waals surface area contributed by atoms with Gasteiger partial charge in [0.25, 0.3) is 0 Å². The van der Waals surface area contributed by atoms with Gasteiger partial charge in [-0.1, -0.05) is 6.07 Å². The molecule has 0 unspecified atom stereocenters. The van der Waals surface area contributed by atoms with Gasteiger partial charge in [0.05, 0.1) is 13.0 Å². The van der Waals surface area contributed by atoms with Crippen LogP contribution in [0, 0.1) is 0 Å². The number of aromatic nitrogens is 1. The molecule has 5 nitrogen and oxygen atoms in total. The third-order valence-electron chi connectivity index (χ3n) is 1.90. The van der Waals surface area contributed by atoms with E-state index in [-0.39, 0.29) is 6.54 Å². The maximum atomic E-state index is 10.7. The van der Waals surface area contributed by atoms with Gasteiger partial charge in [0, 0.05) is 18.8 Å². The molecule has 0 fully saturated rings. The third kappa shape index (κ3) is 2.20. The summed E-state index contributed by atoms with van der Waals surface area (Å²) in [7, 11) is 1.50. The molecule has 0 aliphatic heterocycles. The molecule has 1 heterocycles. The van der Waals surface area contributed by atoms with Gasteiger partial charge in [-0.3, -0.25) is 4.79 Å². The Balaban J connectivity index is 2.89. The van der Waals surface area contributed by atoms with Crippen LogP contribution in [0.2, 0.25) is 0 Å². The normalized spacial score (nSPS) is 12.1. The van der Waals surface area contributed by atoms with Gasteiger partial charge in [0.2, 0.25) is 5.88 Å². The first-order valence-electron chi connectivity index (χ1n) is 4.12. The van der Waals surface area contributed by atoms with E-state index in [9.17, 15) is 4.79 Å². The molecule has 0 amide bonds. The lowest BCUT2D eigenvalue weighted by Gasteiger charge is -2.09. The minimum Gasteiger partial charge on any atom is -0.481 e. The summed E-state index contributed by atoms with van der Waals surface area (Å²) in [6.07, 6.45) is 1.46. The smallest absolute Gasteiger partial charge is 0.312 e. The number of hydrogen-bond acceptors (Lipinski definition) is 4. The van der Waals surface area contributed by atoms with E-state index in [1.807, 2.05) is 0 Å². The van der Waals surface area contributed by atoms with E-state index >= 15 is 0 Å². The van der Waals surface area contributed by atoms with Crippen LogP contribution in [0.3, 0.4) is 0 Å². The molecule has 0 saturated heterocycles. The molecule has 0 aliphatic carbocycles. The van der Waals surface area contributed by atoms with Crippen LogP contribution in [-0.4, -0.2) is 29.7 Å². The minimum absolute atomic E-state index is 0.0589. The van der Waals surface area contributed by atoms with Crippen LogP contribution in [0.25, 0.3) is 0 Å². The molecule has 0 radical (unpaired) electrons. The number of carboxylic acid groups (broad SMARTS) is 1. The molecule has 0 spiro atoms. The molecule has 0 aromatic carbocycles. The van der Waals surface area contributed by atoms with Crippen LogP contribution in [0.1, 0.15) is 11.5 Å². The summed E-state index contributed by atoms with van der Waals surface area (Å²) >= 11 is 0. The number of nitrogens with zero attached hydrogens (tertiary/aromatic N) is 1. The van der Waals surface area contributed by atoms with Gasteiger partial charge >= 0.3 is 5.97 Å². The van der Waals surface area contributed by atoms with E-state index < -0.39 is 11.9 Å². The van der Waals surface area contributed by atoms with E-state index in [1.54, 1.807) is 12.1 Å². The van der Waals surface area contributed by atoms with Gasteiger partial charge in [-0.15, -0.1) is 0 Å². The zero-order valence-electron chi connectivity index (χ0n) is 7.80. The molecule has 0 bridgehead atoms. The molecular weight excluding hydrogens is 184 g/mol. The Morgan fingerprint density at radius 2 is 2.43 bits per heavy atom. The Bertz CT molecular complexity index is 310. The Morgan fingerprint density at radius 1 is 1.71 bits per heavy atom. The summed E-state index contributed by atoms with van der Waals surface area (Å²) in [6, 6.07) is 3.26. The monoisotopic (exact) mass is 196 g/mol. The molecule has 76 valence electrons. The number of hydrogen-bond donors (Lipinski definition) is 2. The standard InChI is InChI=1S/C9H12N2O3/c1-14-8-3-2-6(5-11-8)7(4-10)9(12)13/h2-3,5,7H,4,10H2,1H3,(H,12,13)/t7-/m1/s1. The van der Waals surface area contributed by atoms with Gasteiger partial charge < -0.3 is 15.6 Å². The first kappa shape index (κ1) is 10.5. The topological polar surface area (TPSA) is 85.4 Å². The fourth-order valence-corrected chi connectivity index (χ4v) is 1.10. The fourth-order valence-electron chi connectivity index (χ4n) is 1.10. The maximum absolute atomic E-state index is 10.7. The average Bonchev–Trinajstić information content (AvgIpc) is 2.19. The quantitative estimate of drug-likeness (QED) is 0.719. The van der Waals surface area contributed by atoms with Crippen LogP contribution >= 0.6 is 0 Å². The van der Waals surface area contributed by atoms with Crippen molar-refractivity contribution in [2.75, 3.05) is 13.7 Å². The summed E-state index contributed by atoms with van der Waals surface area (Å²) in [4.78, 5) is 14.7. The number of carboxylic acids is 1. The van der Waals surface area contributed by atoms with Crippen molar-refractivity contribution in [2.24, 2.45) is 5.73 Å². The zero-order valence-corrected chi connectivity index (χ0v) is 7.80. The van der Waals surface area contributed by atoms with Crippen molar-refractivity contribution in [1.82, 2.24) is 4.98 Å². The summed E-state index contributed by atoms with van der Waals surface area (Å²) in [5, 5.41) is 8.81. The van der Waals surface area contributed by atoms with Crippen LogP contribution < -0.4 is 10.5 Å². The van der Waals surface area contributed by atoms with Gasteiger partial charge in [0.1, 0.15) is 0 Å². The Kier molecular flexibility index (Phi) is 3.41. The van der Waals surface area contributed by atoms with E-state index in [0.29, 0.717) is 11.4 Å². The first-order valence-corrected chi connectivity index (χ1v) is 4.12. The second kappa shape index (κ2) is 4.57. The highest BCUT2D eigenvalue weighted by Gasteiger charge is 2.17. The van der Waals surface area contributed by atoms with Crippen LogP contribution in [0.15, 0.2) is 18.3 Å². The summed E-state index contributed by atoms with van der Waals surface area (Å²) in [5.41, 5.74) is 5.92. The van der Waals surface area contributed by atoms with E-state index in [1.165, 1.54) is 13.3 Å². The lowest BCUT2D eigenvalue weighted by molar-refractivity contribution is -0.138. The highest BCUT2D eigenvalue weighted by Crippen LogP contribution is 2.16.